The maximum absolute atomic E-state index is 2.82. The Morgan fingerprint density at radius 1 is 0.245 bits per heavy atom. The summed E-state index contributed by atoms with van der Waals surface area (Å²) < 4.78 is 7.68. The van der Waals surface area contributed by atoms with Crippen molar-refractivity contribution in [3.8, 4) is 17.1 Å². The molecule has 10 heteroatoms. The van der Waals surface area contributed by atoms with Crippen LogP contribution < -0.4 is 59.0 Å². The topological polar surface area (TPSA) is 21.3 Å². The molecule has 0 aliphatic carbocycles. The molecular formula is C84H56B3N5S2. The highest BCUT2D eigenvalue weighted by molar-refractivity contribution is 8.00. The fourth-order valence-corrected chi connectivity index (χ4v) is 21.1. The van der Waals surface area contributed by atoms with Gasteiger partial charge in [0.05, 0.1) is 33.1 Å². The Morgan fingerprint density at radius 3 is 0.989 bits per heavy atom. The zero-order valence-electron chi connectivity index (χ0n) is 52.7. The molecule has 94 heavy (non-hydrogen) atoms. The third kappa shape index (κ3) is 6.44. The average molecular weight is 1230 g/mol. The molecule has 0 saturated heterocycles. The maximum Gasteiger partial charge on any atom is 0.252 e. The number of para-hydroxylation sites is 7. The number of hydrogen-bond donors (Lipinski definition) is 0. The van der Waals surface area contributed by atoms with Gasteiger partial charge in [0.15, 0.2) is 0 Å². The molecule has 0 spiro atoms. The van der Waals surface area contributed by atoms with Crippen molar-refractivity contribution in [2.45, 2.75) is 61.1 Å². The second-order valence-electron chi connectivity index (χ2n) is 27.3. The number of nitrogens with zero attached hydrogens (tertiary/aromatic N) is 5. The molecule has 16 aromatic rings. The van der Waals surface area contributed by atoms with Crippen LogP contribution in [0.1, 0.15) is 33.4 Å². The molecule has 0 amide bonds. The minimum absolute atomic E-state index is 0.00365. The fourth-order valence-electron chi connectivity index (χ4n) is 18.7. The van der Waals surface area contributed by atoms with Crippen molar-refractivity contribution in [1.29, 1.82) is 0 Å². The third-order valence-corrected chi connectivity index (χ3v) is 24.7. The first-order chi connectivity index (χ1) is 46.2. The Labute approximate surface area is 554 Å². The van der Waals surface area contributed by atoms with E-state index in [-0.39, 0.29) is 20.1 Å². The van der Waals surface area contributed by atoms with E-state index in [1.54, 1.807) is 0 Å². The van der Waals surface area contributed by atoms with Crippen molar-refractivity contribution >= 4 is 192 Å². The first-order valence-electron chi connectivity index (χ1n) is 33.1. The van der Waals surface area contributed by atoms with Gasteiger partial charge >= 0.3 is 0 Å². The highest BCUT2D eigenvalue weighted by Crippen LogP contribution is 2.51. The molecule has 0 atom stereocenters. The summed E-state index contributed by atoms with van der Waals surface area (Å²) in [7, 11) is 0. The summed E-state index contributed by atoms with van der Waals surface area (Å²) >= 11 is 3.94. The molecule has 3 aromatic heterocycles. The Balaban J connectivity index is 0.815. The van der Waals surface area contributed by atoms with Gasteiger partial charge < -0.3 is 23.5 Å². The number of aromatic nitrogens is 3. The smallest absolute Gasteiger partial charge is 0.252 e. The minimum atomic E-state index is -0.0591. The monoisotopic (exact) mass is 1230 g/mol. The summed E-state index contributed by atoms with van der Waals surface area (Å²) in [5.74, 6) is 0. The van der Waals surface area contributed by atoms with E-state index in [1.807, 2.05) is 23.5 Å². The fraction of sp³-hybridized carbons (Fsp3) is 0.0714. The lowest BCUT2D eigenvalue weighted by Crippen LogP contribution is -2.73. The lowest BCUT2D eigenvalue weighted by atomic mass is 9.26. The first-order valence-corrected chi connectivity index (χ1v) is 34.7. The van der Waals surface area contributed by atoms with E-state index in [2.05, 4.69) is 296 Å². The van der Waals surface area contributed by atoms with Crippen molar-refractivity contribution in [1.82, 2.24) is 13.7 Å². The van der Waals surface area contributed by atoms with Crippen LogP contribution in [0.2, 0.25) is 0 Å². The van der Waals surface area contributed by atoms with Crippen LogP contribution in [0.4, 0.5) is 34.1 Å². The van der Waals surface area contributed by atoms with Gasteiger partial charge in [-0.15, -0.1) is 0 Å². The lowest BCUT2D eigenvalue weighted by molar-refractivity contribution is 1.14. The second-order valence-corrected chi connectivity index (χ2v) is 29.5. The number of aryl methyl sites for hydroxylation is 6. The van der Waals surface area contributed by atoms with Gasteiger partial charge in [0.25, 0.3) is 6.71 Å². The average Bonchev–Trinajstić information content (AvgIpc) is 0.943. The summed E-state index contributed by atoms with van der Waals surface area (Å²) in [6, 6.07) is 89.6. The molecule has 9 heterocycles. The second kappa shape index (κ2) is 18.3. The Hall–Kier alpha value is -10.2. The molecule has 22 rings (SSSR count). The van der Waals surface area contributed by atoms with Crippen molar-refractivity contribution in [3.63, 3.8) is 0 Å². The van der Waals surface area contributed by atoms with Gasteiger partial charge in [-0.2, -0.15) is 0 Å². The molecule has 438 valence electrons. The quantitative estimate of drug-likeness (QED) is 0.164. The van der Waals surface area contributed by atoms with E-state index in [0.717, 1.165) is 5.69 Å². The van der Waals surface area contributed by atoms with Crippen LogP contribution in [0.25, 0.3) is 82.5 Å². The standard InChI is InChI=1S/C84H56B3N5S2/c1-45-16-10-24-55-56-25-11-17-46(2)77(56)89(76(45)55)52-30-33-61-68(42-52)88(51-22-8-7-9-23-51)67-39-36-64-82-73(67)85(61)65-37-40-69-74-83(65)92(82)84-66(87(74)63-35-32-54(44-72(63)93-69)91-80-49(5)20-14-28-59(80)60-29-15-21-50(6)81(60)91)38-41-70-75(84)86(64)62-34-31-53(43-71(62)94-70)90-78-47(3)18-12-26-57(78)58-27-13-19-48(4)79(58)90/h7-44H,1-6H3. The van der Waals surface area contributed by atoms with Gasteiger partial charge in [-0.1, -0.05) is 198 Å². The molecule has 0 bridgehead atoms. The van der Waals surface area contributed by atoms with Gasteiger partial charge in [-0.3, -0.25) is 0 Å². The summed E-state index contributed by atoms with van der Waals surface area (Å²) in [4.78, 5) is 10.7. The van der Waals surface area contributed by atoms with E-state index >= 15 is 0 Å². The lowest BCUT2D eigenvalue weighted by Gasteiger charge is -2.53. The SMILES string of the molecule is Cc1cccc2c3cccc(C)c3n(-c3ccc4c(c3)Sc3ccc5c6c3B4c3ccc4c7c3N6c3c(ccc6c3B5c3ccc(-n5c8c(C)cccc8c8cccc(C)c85)cc3N6c3ccccc3)B7c3ccc(-n5c6c(C)cccc6c6cccc(C)c65)cc3S4)c12. The van der Waals surface area contributed by atoms with Crippen LogP contribution >= 0.6 is 23.5 Å². The molecule has 6 aliphatic rings. The molecule has 0 N–H and O–H groups in total. The van der Waals surface area contributed by atoms with Crippen molar-refractivity contribution in [2.24, 2.45) is 0 Å². The Bertz CT molecular complexity index is 6060. The third-order valence-electron chi connectivity index (χ3n) is 22.4. The largest absolute Gasteiger partial charge is 0.313 e. The Morgan fingerprint density at radius 2 is 0.585 bits per heavy atom. The molecule has 0 saturated carbocycles. The summed E-state index contributed by atoms with van der Waals surface area (Å²) in [6.07, 6.45) is 0. The van der Waals surface area contributed by atoms with Gasteiger partial charge in [0.1, 0.15) is 0 Å². The number of hydrogen-bond acceptors (Lipinski definition) is 4. The zero-order chi connectivity index (χ0) is 62.0. The van der Waals surface area contributed by atoms with Crippen LogP contribution in [0.5, 0.6) is 0 Å². The van der Waals surface area contributed by atoms with Crippen LogP contribution in [0, 0.1) is 41.5 Å². The van der Waals surface area contributed by atoms with Crippen LogP contribution in [-0.4, -0.2) is 33.8 Å². The van der Waals surface area contributed by atoms with Crippen LogP contribution in [0.15, 0.2) is 250 Å². The predicted octanol–water partition coefficient (Wildman–Crippen LogP) is 15.5. The van der Waals surface area contributed by atoms with Gasteiger partial charge in [0, 0.05) is 103 Å². The van der Waals surface area contributed by atoms with E-state index in [1.165, 1.54) is 213 Å². The molecule has 0 unspecified atom stereocenters. The molecule has 6 aliphatic heterocycles. The van der Waals surface area contributed by atoms with E-state index in [9.17, 15) is 0 Å². The summed E-state index contributed by atoms with van der Waals surface area (Å²) in [5, 5.41) is 7.78. The van der Waals surface area contributed by atoms with Crippen molar-refractivity contribution in [2.75, 3.05) is 9.80 Å². The summed E-state index contributed by atoms with van der Waals surface area (Å²) in [5.41, 5.74) is 39.1. The highest BCUT2D eigenvalue weighted by atomic mass is 32.2. The van der Waals surface area contributed by atoms with E-state index in [0.29, 0.717) is 0 Å². The van der Waals surface area contributed by atoms with Crippen molar-refractivity contribution < 1.29 is 0 Å². The number of anilines is 6. The molecule has 13 aromatic carbocycles. The number of fused-ring (bicyclic) bond motifs is 18. The van der Waals surface area contributed by atoms with E-state index < -0.39 is 0 Å². The maximum atomic E-state index is 2.82. The number of rotatable bonds is 4. The van der Waals surface area contributed by atoms with Crippen molar-refractivity contribution in [3.05, 3.63) is 264 Å². The minimum Gasteiger partial charge on any atom is -0.313 e. The zero-order valence-corrected chi connectivity index (χ0v) is 54.4. The molecule has 5 nitrogen and oxygen atoms in total. The molecular weight excluding hydrogens is 1180 g/mol. The van der Waals surface area contributed by atoms with E-state index in [4.69, 9.17) is 0 Å². The van der Waals surface area contributed by atoms with Crippen LogP contribution in [-0.2, 0) is 0 Å². The number of benzene rings is 13. The molecule has 0 fully saturated rings. The summed E-state index contributed by atoms with van der Waals surface area (Å²) in [6.45, 7) is 13.6. The van der Waals surface area contributed by atoms with Gasteiger partial charge in [-0.25, -0.2) is 0 Å². The van der Waals surface area contributed by atoms with Gasteiger partial charge in [0.2, 0.25) is 13.4 Å². The van der Waals surface area contributed by atoms with Crippen LogP contribution in [0.3, 0.4) is 0 Å². The molecule has 0 radical (unpaired) electrons. The predicted molar refractivity (Wildman–Crippen MR) is 402 cm³/mol. The highest BCUT2D eigenvalue weighted by Gasteiger charge is 2.55. The Kier molecular flexibility index (Phi) is 10.2. The van der Waals surface area contributed by atoms with Gasteiger partial charge in [-0.05, 0) is 180 Å². The first kappa shape index (κ1) is 52.3. The normalized spacial score (nSPS) is 14.1.